The van der Waals surface area contributed by atoms with Gasteiger partial charge < -0.3 is 10.5 Å². The molecule has 0 unspecified atom stereocenters. The molecule has 160 valence electrons. The van der Waals surface area contributed by atoms with Gasteiger partial charge in [0, 0.05) is 7.05 Å². The van der Waals surface area contributed by atoms with Crippen molar-refractivity contribution in [1.29, 1.82) is 0 Å². The molecule has 0 heterocycles. The highest BCUT2D eigenvalue weighted by Gasteiger charge is 2.26. The number of carbonyl (C=O) groups excluding carboxylic acids is 3. The monoisotopic (exact) mass is 457 g/mol. The number of carbonyl (C=O) groups is 3. The SMILES string of the molecule is C[C@H](OC(=O)c1cc(S(=O)(=O)N(C)c2ccc(F)cc2)ccc1Cl)C(=O)NC(N)=O. The largest absolute Gasteiger partial charge is 0.449 e. The van der Waals surface area contributed by atoms with E-state index < -0.39 is 39.9 Å². The number of imide groups is 1. The Kier molecular flexibility index (Phi) is 7.00. The summed E-state index contributed by atoms with van der Waals surface area (Å²) in [6.45, 7) is 1.19. The van der Waals surface area contributed by atoms with E-state index in [4.69, 9.17) is 22.1 Å². The Labute approximate surface area is 176 Å². The Morgan fingerprint density at radius 3 is 2.33 bits per heavy atom. The molecule has 12 heteroatoms. The number of esters is 1. The second-order valence-corrected chi connectivity index (χ2v) is 8.37. The molecule has 0 aliphatic rings. The minimum absolute atomic E-state index is 0.120. The maximum Gasteiger partial charge on any atom is 0.340 e. The summed E-state index contributed by atoms with van der Waals surface area (Å²) in [4.78, 5) is 34.4. The molecular formula is C18H17ClFN3O6S. The summed E-state index contributed by atoms with van der Waals surface area (Å²) >= 11 is 5.98. The van der Waals surface area contributed by atoms with Crippen LogP contribution >= 0.6 is 11.6 Å². The summed E-state index contributed by atoms with van der Waals surface area (Å²) in [5.41, 5.74) is 4.70. The molecule has 3 amide bonds. The van der Waals surface area contributed by atoms with Gasteiger partial charge in [-0.3, -0.25) is 14.4 Å². The molecule has 3 N–H and O–H groups in total. The number of nitrogens with two attached hydrogens (primary N) is 1. The van der Waals surface area contributed by atoms with Crippen LogP contribution in [0.3, 0.4) is 0 Å². The van der Waals surface area contributed by atoms with E-state index in [2.05, 4.69) is 0 Å². The minimum atomic E-state index is -4.13. The zero-order valence-electron chi connectivity index (χ0n) is 15.8. The summed E-state index contributed by atoms with van der Waals surface area (Å²) in [7, 11) is -2.88. The predicted molar refractivity (Wildman–Crippen MR) is 106 cm³/mol. The zero-order chi connectivity index (χ0) is 22.6. The van der Waals surface area contributed by atoms with Crippen LogP contribution in [0, 0.1) is 5.82 Å². The lowest BCUT2D eigenvalue weighted by Crippen LogP contribution is -2.42. The molecule has 9 nitrogen and oxygen atoms in total. The molecule has 0 saturated heterocycles. The molecule has 0 aliphatic heterocycles. The lowest BCUT2D eigenvalue weighted by atomic mass is 10.2. The van der Waals surface area contributed by atoms with Gasteiger partial charge in [-0.25, -0.2) is 22.4 Å². The van der Waals surface area contributed by atoms with E-state index in [0.29, 0.717) is 0 Å². The number of benzene rings is 2. The third-order valence-electron chi connectivity index (χ3n) is 3.91. The molecule has 0 saturated carbocycles. The van der Waals surface area contributed by atoms with Crippen molar-refractivity contribution in [3.63, 3.8) is 0 Å². The summed E-state index contributed by atoms with van der Waals surface area (Å²) in [5, 5.41) is 1.63. The molecule has 30 heavy (non-hydrogen) atoms. The van der Waals surface area contributed by atoms with E-state index in [9.17, 15) is 27.2 Å². The maximum atomic E-state index is 13.1. The first-order valence-corrected chi connectivity index (χ1v) is 10.1. The smallest absolute Gasteiger partial charge is 0.340 e. The normalized spacial score (nSPS) is 12.0. The molecule has 0 fully saturated rings. The van der Waals surface area contributed by atoms with Crippen molar-refractivity contribution in [3.8, 4) is 0 Å². The van der Waals surface area contributed by atoms with Crippen LogP contribution in [0.2, 0.25) is 5.02 Å². The van der Waals surface area contributed by atoms with Gasteiger partial charge in [-0.2, -0.15) is 0 Å². The average Bonchev–Trinajstić information content (AvgIpc) is 2.67. The van der Waals surface area contributed by atoms with Crippen molar-refractivity contribution in [3.05, 3.63) is 58.9 Å². The van der Waals surface area contributed by atoms with E-state index >= 15 is 0 Å². The summed E-state index contributed by atoms with van der Waals surface area (Å²) < 4.78 is 44.7. The van der Waals surface area contributed by atoms with Gasteiger partial charge in [0.2, 0.25) is 0 Å². The Morgan fingerprint density at radius 1 is 1.17 bits per heavy atom. The number of nitrogens with zero attached hydrogens (tertiary/aromatic N) is 1. The fourth-order valence-corrected chi connectivity index (χ4v) is 3.69. The molecule has 2 aromatic rings. The van der Waals surface area contributed by atoms with Crippen LogP contribution in [0.1, 0.15) is 17.3 Å². The molecule has 0 aromatic heterocycles. The fraction of sp³-hybridized carbons (Fsp3) is 0.167. The Hall–Kier alpha value is -3.18. The molecule has 1 atom stereocenters. The number of primary amides is 1. The molecule has 2 rings (SSSR count). The van der Waals surface area contributed by atoms with E-state index in [1.54, 1.807) is 5.32 Å². The van der Waals surface area contributed by atoms with Gasteiger partial charge in [0.1, 0.15) is 5.82 Å². The number of hydrogen-bond donors (Lipinski definition) is 2. The van der Waals surface area contributed by atoms with Gasteiger partial charge in [0.25, 0.3) is 15.9 Å². The zero-order valence-corrected chi connectivity index (χ0v) is 17.3. The van der Waals surface area contributed by atoms with Crippen LogP contribution in [0.15, 0.2) is 47.4 Å². The number of anilines is 1. The molecule has 0 radical (unpaired) electrons. The number of urea groups is 1. The number of sulfonamides is 1. The summed E-state index contributed by atoms with van der Waals surface area (Å²) in [6.07, 6.45) is -1.40. The van der Waals surface area contributed by atoms with Crippen LogP contribution in [-0.4, -0.2) is 39.5 Å². The average molecular weight is 458 g/mol. The Bertz CT molecular complexity index is 1090. The predicted octanol–water partition coefficient (Wildman–Crippen LogP) is 2.04. The number of nitrogens with one attached hydrogen (secondary N) is 1. The first-order valence-electron chi connectivity index (χ1n) is 8.29. The minimum Gasteiger partial charge on any atom is -0.449 e. The highest BCUT2D eigenvalue weighted by Crippen LogP contribution is 2.26. The lowest BCUT2D eigenvalue weighted by Gasteiger charge is -2.20. The summed E-state index contributed by atoms with van der Waals surface area (Å²) in [6, 6.07) is 6.97. The molecule has 0 bridgehead atoms. The van der Waals surface area contributed by atoms with Crippen LogP contribution in [0.25, 0.3) is 0 Å². The van der Waals surface area contributed by atoms with Crippen molar-refractivity contribution in [2.24, 2.45) is 5.73 Å². The third-order valence-corrected chi connectivity index (χ3v) is 6.02. The van der Waals surface area contributed by atoms with Crippen molar-refractivity contribution in [2.45, 2.75) is 17.9 Å². The quantitative estimate of drug-likeness (QED) is 0.637. The number of ether oxygens (including phenoxy) is 1. The van der Waals surface area contributed by atoms with E-state index in [1.807, 2.05) is 0 Å². The van der Waals surface area contributed by atoms with Crippen molar-refractivity contribution < 1.29 is 31.9 Å². The topological polar surface area (TPSA) is 136 Å². The van der Waals surface area contributed by atoms with Gasteiger partial charge >= 0.3 is 12.0 Å². The van der Waals surface area contributed by atoms with Crippen molar-refractivity contribution in [2.75, 3.05) is 11.4 Å². The molecule has 2 aromatic carbocycles. The molecule has 0 spiro atoms. The van der Waals surface area contributed by atoms with Crippen LogP contribution in [0.4, 0.5) is 14.9 Å². The van der Waals surface area contributed by atoms with Gasteiger partial charge in [-0.05, 0) is 49.4 Å². The van der Waals surface area contributed by atoms with Crippen LogP contribution in [0.5, 0.6) is 0 Å². The van der Waals surface area contributed by atoms with Gasteiger partial charge in [-0.1, -0.05) is 11.6 Å². The number of rotatable bonds is 6. The highest BCUT2D eigenvalue weighted by atomic mass is 35.5. The second kappa shape index (κ2) is 9.09. The van der Waals surface area contributed by atoms with E-state index in [0.717, 1.165) is 22.5 Å². The van der Waals surface area contributed by atoms with Crippen molar-refractivity contribution in [1.82, 2.24) is 5.32 Å². The Balaban J connectivity index is 2.31. The third kappa shape index (κ3) is 5.24. The van der Waals surface area contributed by atoms with Gasteiger partial charge in [0.05, 0.1) is 21.2 Å². The lowest BCUT2D eigenvalue weighted by molar-refractivity contribution is -0.127. The standard InChI is InChI=1S/C18H17ClFN3O6S/c1-10(16(24)22-18(21)26)29-17(25)14-9-13(7-8-15(14)19)30(27,28)23(2)12-5-3-11(20)4-6-12/h3-10H,1-2H3,(H3,21,22,24,26)/t10-/m0/s1. The molecule has 0 aliphatic carbocycles. The van der Waals surface area contributed by atoms with Crippen LogP contribution in [-0.2, 0) is 19.6 Å². The van der Waals surface area contributed by atoms with Crippen LogP contribution < -0.4 is 15.4 Å². The molecular weight excluding hydrogens is 441 g/mol. The second-order valence-electron chi connectivity index (χ2n) is 5.99. The van der Waals surface area contributed by atoms with Gasteiger partial charge in [0.15, 0.2) is 6.10 Å². The maximum absolute atomic E-state index is 13.1. The van der Waals surface area contributed by atoms with E-state index in [1.165, 1.54) is 38.2 Å². The van der Waals surface area contributed by atoms with Crippen molar-refractivity contribution >= 4 is 45.2 Å². The number of hydrogen-bond acceptors (Lipinski definition) is 6. The summed E-state index contributed by atoms with van der Waals surface area (Å²) in [5.74, 6) is -2.59. The highest BCUT2D eigenvalue weighted by molar-refractivity contribution is 7.92. The van der Waals surface area contributed by atoms with E-state index in [-0.39, 0.29) is 21.2 Å². The first kappa shape index (κ1) is 23.1. The number of halogens is 2. The number of amides is 3. The van der Waals surface area contributed by atoms with Gasteiger partial charge in [-0.15, -0.1) is 0 Å². The first-order chi connectivity index (χ1) is 13.9. The fourth-order valence-electron chi connectivity index (χ4n) is 2.27. The Morgan fingerprint density at radius 2 is 1.77 bits per heavy atom.